The fourth-order valence-corrected chi connectivity index (χ4v) is 4.38. The molecule has 0 bridgehead atoms. The van der Waals surface area contributed by atoms with Crippen molar-refractivity contribution in [3.63, 3.8) is 0 Å². The van der Waals surface area contributed by atoms with E-state index in [9.17, 15) is 44.6 Å². The van der Waals surface area contributed by atoms with Crippen molar-refractivity contribution in [2.45, 2.75) is 63.4 Å². The third kappa shape index (κ3) is 10.7. The predicted octanol–water partition coefficient (Wildman–Crippen LogP) is 6.99. The number of nitrogens with zero attached hydrogens (tertiary/aromatic N) is 1. The van der Waals surface area contributed by atoms with E-state index in [0.29, 0.717) is 18.4 Å². The molecule has 0 amide bonds. The smallest absolute Gasteiger partial charge is 0.489 e. The number of benzene rings is 2. The Morgan fingerprint density at radius 3 is 2.23 bits per heavy atom. The Morgan fingerprint density at radius 1 is 0.872 bits per heavy atom. The molecule has 0 saturated heterocycles. The van der Waals surface area contributed by atoms with Crippen molar-refractivity contribution in [1.82, 2.24) is 0 Å². The standard InChI is InChI=1S/C25H26F9NO4/c26-23(27,28)22(36)14-35(13-16-4-1-8-20(10-16)38-24(29,30)31)18-6-3-7-19(12-18)37-15-17-5-2-9-21(11-17)39-25(32,33)34/h2-3,5-7,9,11-12,16,20,22,36H,1,4,8,10,13-15H2. The highest BCUT2D eigenvalue weighted by atomic mass is 19.4. The van der Waals surface area contributed by atoms with E-state index < -0.39 is 49.3 Å². The molecule has 0 heterocycles. The summed E-state index contributed by atoms with van der Waals surface area (Å²) in [6.07, 6.45) is -17.5. The van der Waals surface area contributed by atoms with Crippen molar-refractivity contribution in [2.24, 2.45) is 5.92 Å². The van der Waals surface area contributed by atoms with Crippen LogP contribution in [0, 0.1) is 5.92 Å². The molecular formula is C25H26F9NO4. The molecule has 1 saturated carbocycles. The Labute approximate surface area is 218 Å². The third-order valence-corrected chi connectivity index (χ3v) is 6.01. The molecule has 0 aromatic heterocycles. The lowest BCUT2D eigenvalue weighted by Gasteiger charge is -2.35. The monoisotopic (exact) mass is 575 g/mol. The van der Waals surface area contributed by atoms with Crippen LogP contribution in [-0.4, -0.2) is 49.3 Å². The first-order chi connectivity index (χ1) is 18.1. The van der Waals surface area contributed by atoms with Gasteiger partial charge in [0.15, 0.2) is 6.10 Å². The Balaban J connectivity index is 1.73. The number of aliphatic hydroxyl groups is 1. The summed E-state index contributed by atoms with van der Waals surface area (Å²) >= 11 is 0. The average Bonchev–Trinajstić information content (AvgIpc) is 2.80. The molecule has 39 heavy (non-hydrogen) atoms. The highest BCUT2D eigenvalue weighted by Crippen LogP contribution is 2.34. The maximum Gasteiger partial charge on any atom is 0.573 e. The van der Waals surface area contributed by atoms with Crippen molar-refractivity contribution in [2.75, 3.05) is 18.0 Å². The van der Waals surface area contributed by atoms with E-state index in [1.165, 1.54) is 41.3 Å². The second-order valence-corrected chi connectivity index (χ2v) is 9.16. The molecule has 2 aromatic carbocycles. The molecule has 1 fully saturated rings. The molecule has 1 aliphatic carbocycles. The number of ether oxygens (including phenoxy) is 3. The SMILES string of the molecule is OC(CN(CC1CCCC(OC(F)(F)F)C1)c1cccc(OCc2cccc(OC(F)(F)F)c2)c1)C(F)(F)F. The molecule has 0 radical (unpaired) electrons. The second-order valence-electron chi connectivity index (χ2n) is 9.16. The molecular weight excluding hydrogens is 549 g/mol. The van der Waals surface area contributed by atoms with Gasteiger partial charge in [-0.3, -0.25) is 4.74 Å². The van der Waals surface area contributed by atoms with E-state index in [4.69, 9.17) is 4.74 Å². The molecule has 1 N–H and O–H groups in total. The van der Waals surface area contributed by atoms with Gasteiger partial charge in [0.2, 0.25) is 0 Å². The van der Waals surface area contributed by atoms with Crippen LogP contribution in [0.1, 0.15) is 31.2 Å². The fourth-order valence-electron chi connectivity index (χ4n) is 4.38. The number of aliphatic hydroxyl groups excluding tert-OH is 1. The Morgan fingerprint density at radius 2 is 1.56 bits per heavy atom. The van der Waals surface area contributed by atoms with E-state index >= 15 is 0 Å². The summed E-state index contributed by atoms with van der Waals surface area (Å²) in [7, 11) is 0. The van der Waals surface area contributed by atoms with Gasteiger partial charge in [0, 0.05) is 18.3 Å². The van der Waals surface area contributed by atoms with E-state index in [1.807, 2.05) is 0 Å². The van der Waals surface area contributed by atoms with Gasteiger partial charge < -0.3 is 19.5 Å². The minimum Gasteiger partial charge on any atom is -0.489 e. The van der Waals surface area contributed by atoms with E-state index in [-0.39, 0.29) is 37.4 Å². The van der Waals surface area contributed by atoms with E-state index in [0.717, 1.165) is 12.1 Å². The van der Waals surface area contributed by atoms with Gasteiger partial charge in [0.05, 0.1) is 12.6 Å². The largest absolute Gasteiger partial charge is 0.573 e. The van der Waals surface area contributed by atoms with Crippen LogP contribution in [-0.2, 0) is 11.3 Å². The molecule has 1 aliphatic rings. The molecule has 0 spiro atoms. The zero-order valence-corrected chi connectivity index (χ0v) is 20.3. The van der Waals surface area contributed by atoms with Gasteiger partial charge >= 0.3 is 18.9 Å². The van der Waals surface area contributed by atoms with Crippen LogP contribution in [0.15, 0.2) is 48.5 Å². The summed E-state index contributed by atoms with van der Waals surface area (Å²) in [5, 5.41) is 9.72. The summed E-state index contributed by atoms with van der Waals surface area (Å²) in [4.78, 5) is 1.23. The molecule has 2 aromatic rings. The van der Waals surface area contributed by atoms with Gasteiger partial charge in [-0.05, 0) is 55.0 Å². The third-order valence-electron chi connectivity index (χ3n) is 6.01. The van der Waals surface area contributed by atoms with Crippen LogP contribution in [0.25, 0.3) is 0 Å². The first-order valence-corrected chi connectivity index (χ1v) is 11.9. The quantitative estimate of drug-likeness (QED) is 0.310. The first kappa shape index (κ1) is 30.7. The van der Waals surface area contributed by atoms with Crippen molar-refractivity contribution in [1.29, 1.82) is 0 Å². The topological polar surface area (TPSA) is 51.2 Å². The highest BCUT2D eigenvalue weighted by Gasteiger charge is 2.40. The molecule has 5 nitrogen and oxygen atoms in total. The maximum atomic E-state index is 13.1. The van der Waals surface area contributed by atoms with Crippen LogP contribution in [0.2, 0.25) is 0 Å². The Hall–Kier alpha value is -2.87. The van der Waals surface area contributed by atoms with Gasteiger partial charge in [-0.15, -0.1) is 26.3 Å². The van der Waals surface area contributed by atoms with Gasteiger partial charge in [-0.1, -0.05) is 24.6 Å². The molecule has 3 atom stereocenters. The van der Waals surface area contributed by atoms with Gasteiger partial charge in [0.25, 0.3) is 0 Å². The molecule has 14 heteroatoms. The zero-order chi connectivity index (χ0) is 28.8. The Bertz CT molecular complexity index is 1060. The molecule has 3 unspecified atom stereocenters. The summed E-state index contributed by atoms with van der Waals surface area (Å²) in [6, 6.07) is 10.8. The van der Waals surface area contributed by atoms with Crippen LogP contribution >= 0.6 is 0 Å². The lowest BCUT2D eigenvalue weighted by molar-refractivity contribution is -0.346. The minimum absolute atomic E-state index is 0.0232. The summed E-state index contributed by atoms with van der Waals surface area (Å²) in [6.45, 7) is -1.14. The molecule has 218 valence electrons. The number of halogens is 9. The van der Waals surface area contributed by atoms with Crippen molar-refractivity contribution in [3.8, 4) is 11.5 Å². The summed E-state index contributed by atoms with van der Waals surface area (Å²) < 4.78 is 128. The second kappa shape index (κ2) is 12.5. The predicted molar refractivity (Wildman–Crippen MR) is 121 cm³/mol. The number of rotatable bonds is 10. The van der Waals surface area contributed by atoms with Crippen LogP contribution < -0.4 is 14.4 Å². The highest BCUT2D eigenvalue weighted by molar-refractivity contribution is 5.51. The van der Waals surface area contributed by atoms with Crippen LogP contribution in [0.3, 0.4) is 0 Å². The van der Waals surface area contributed by atoms with Gasteiger partial charge in [-0.2, -0.15) is 13.2 Å². The lowest BCUT2D eigenvalue weighted by atomic mass is 9.86. The number of anilines is 1. The fraction of sp³-hybridized carbons (Fsp3) is 0.520. The first-order valence-electron chi connectivity index (χ1n) is 11.9. The molecule has 0 aliphatic heterocycles. The average molecular weight is 575 g/mol. The normalized spacial score (nSPS) is 19.4. The van der Waals surface area contributed by atoms with Crippen molar-refractivity contribution in [3.05, 3.63) is 54.1 Å². The van der Waals surface area contributed by atoms with E-state index in [2.05, 4.69) is 9.47 Å². The zero-order valence-electron chi connectivity index (χ0n) is 20.3. The number of hydrogen-bond acceptors (Lipinski definition) is 5. The Kier molecular flexibility index (Phi) is 9.86. The van der Waals surface area contributed by atoms with Crippen molar-refractivity contribution < 1.29 is 58.8 Å². The van der Waals surface area contributed by atoms with Crippen LogP contribution in [0.5, 0.6) is 11.5 Å². The van der Waals surface area contributed by atoms with E-state index in [1.54, 1.807) is 0 Å². The molecule has 3 rings (SSSR count). The number of alkyl halides is 9. The van der Waals surface area contributed by atoms with Crippen LogP contribution in [0.4, 0.5) is 45.2 Å². The number of hydrogen-bond donors (Lipinski definition) is 1. The minimum atomic E-state index is -4.93. The summed E-state index contributed by atoms with van der Waals surface area (Å²) in [5.41, 5.74) is 0.535. The van der Waals surface area contributed by atoms with Gasteiger partial charge in [-0.25, -0.2) is 0 Å². The maximum absolute atomic E-state index is 13.1. The lowest BCUT2D eigenvalue weighted by Crippen LogP contribution is -2.44. The summed E-state index contributed by atoms with van der Waals surface area (Å²) in [5.74, 6) is -0.722. The van der Waals surface area contributed by atoms with Gasteiger partial charge in [0.1, 0.15) is 18.1 Å². The van der Waals surface area contributed by atoms with Crippen molar-refractivity contribution >= 4 is 5.69 Å².